The molecule has 2 unspecified atom stereocenters. The monoisotopic (exact) mass is 454 g/mol. The van der Waals surface area contributed by atoms with Gasteiger partial charge in [0.05, 0.1) is 19.1 Å². The van der Waals surface area contributed by atoms with Gasteiger partial charge in [-0.15, -0.1) is 0 Å². The van der Waals surface area contributed by atoms with Crippen LogP contribution in [0.1, 0.15) is 131 Å². The molecule has 2 atom stereocenters. The average Bonchev–Trinajstić information content (AvgIpc) is 2.75. The van der Waals surface area contributed by atoms with Crippen LogP contribution in [0.5, 0.6) is 0 Å². The summed E-state index contributed by atoms with van der Waals surface area (Å²) in [4.78, 5) is 24.1. The summed E-state index contributed by atoms with van der Waals surface area (Å²) in [6, 6.07) is 0. The molecule has 0 aromatic carbocycles. The number of hydrogen-bond donors (Lipinski definition) is 0. The highest BCUT2D eigenvalue weighted by Gasteiger charge is 2.33. The highest BCUT2D eigenvalue weighted by Crippen LogP contribution is 2.33. The maximum atomic E-state index is 12.6. The van der Waals surface area contributed by atoms with Gasteiger partial charge in [0.15, 0.2) is 0 Å². The van der Waals surface area contributed by atoms with E-state index in [0.29, 0.717) is 37.4 Å². The van der Waals surface area contributed by atoms with Crippen molar-refractivity contribution in [2.75, 3.05) is 13.2 Å². The van der Waals surface area contributed by atoms with E-state index in [1.165, 1.54) is 51.4 Å². The Hall–Kier alpha value is -1.06. The number of hydrogen-bond acceptors (Lipinski definition) is 4. The van der Waals surface area contributed by atoms with Crippen molar-refractivity contribution < 1.29 is 19.1 Å². The standard InChI is InChI=1S/C28H54O4/c1-7-21-31-26(29)20-18-16-14-12-10-9-11-13-15-17-19-25(23(3)4)27(24(5)6)28(30)32-22-8-2/h23-25,27H,7-22H2,1-6H3. The van der Waals surface area contributed by atoms with E-state index in [9.17, 15) is 9.59 Å². The van der Waals surface area contributed by atoms with Gasteiger partial charge in [0.1, 0.15) is 0 Å². The normalized spacial score (nSPS) is 13.4. The molecule has 0 rings (SSSR count). The molecule has 0 aliphatic heterocycles. The lowest BCUT2D eigenvalue weighted by atomic mass is 9.74. The molecular weight excluding hydrogens is 400 g/mol. The van der Waals surface area contributed by atoms with Crippen LogP contribution in [0.4, 0.5) is 0 Å². The molecular formula is C28H54O4. The zero-order chi connectivity index (χ0) is 24.2. The highest BCUT2D eigenvalue weighted by molar-refractivity contribution is 5.73. The molecule has 4 nitrogen and oxygen atoms in total. The van der Waals surface area contributed by atoms with E-state index in [4.69, 9.17) is 9.47 Å². The molecule has 0 saturated carbocycles. The first-order chi connectivity index (χ1) is 15.3. The smallest absolute Gasteiger partial charge is 0.309 e. The lowest BCUT2D eigenvalue weighted by molar-refractivity contribution is -0.153. The molecule has 0 amide bonds. The lowest BCUT2D eigenvalue weighted by Gasteiger charge is -2.31. The van der Waals surface area contributed by atoms with Crippen LogP contribution >= 0.6 is 0 Å². The Labute approximate surface area is 199 Å². The van der Waals surface area contributed by atoms with Crippen LogP contribution in [0.15, 0.2) is 0 Å². The van der Waals surface area contributed by atoms with Crippen LogP contribution in [-0.2, 0) is 19.1 Å². The maximum absolute atomic E-state index is 12.6. The molecule has 0 aliphatic carbocycles. The van der Waals surface area contributed by atoms with Crippen molar-refractivity contribution in [1.29, 1.82) is 0 Å². The summed E-state index contributed by atoms with van der Waals surface area (Å²) in [5, 5.41) is 0. The first kappa shape index (κ1) is 30.9. The number of carbonyl (C=O) groups excluding carboxylic acids is 2. The summed E-state index contributed by atoms with van der Waals surface area (Å²) in [6.07, 6.45) is 15.8. The minimum absolute atomic E-state index is 0.0124. The number of rotatable bonds is 21. The fourth-order valence-corrected chi connectivity index (χ4v) is 4.52. The Balaban J connectivity index is 3.89. The van der Waals surface area contributed by atoms with Gasteiger partial charge in [0, 0.05) is 6.42 Å². The third-order valence-electron chi connectivity index (χ3n) is 6.39. The van der Waals surface area contributed by atoms with Crippen molar-refractivity contribution in [1.82, 2.24) is 0 Å². The third kappa shape index (κ3) is 15.7. The van der Waals surface area contributed by atoms with Crippen molar-refractivity contribution in [2.45, 2.75) is 131 Å². The molecule has 0 saturated heterocycles. The van der Waals surface area contributed by atoms with E-state index < -0.39 is 0 Å². The largest absolute Gasteiger partial charge is 0.466 e. The Bertz CT molecular complexity index is 458. The number of unbranched alkanes of at least 4 members (excludes halogenated alkanes) is 9. The number of ether oxygens (including phenoxy) is 2. The van der Waals surface area contributed by atoms with Crippen LogP contribution in [-0.4, -0.2) is 25.2 Å². The molecule has 0 spiro atoms. The first-order valence-corrected chi connectivity index (χ1v) is 13.7. The third-order valence-corrected chi connectivity index (χ3v) is 6.39. The van der Waals surface area contributed by atoms with Gasteiger partial charge in [-0.2, -0.15) is 0 Å². The number of carbonyl (C=O) groups is 2. The van der Waals surface area contributed by atoms with Gasteiger partial charge in [0.2, 0.25) is 0 Å². The molecule has 4 heteroatoms. The predicted molar refractivity (Wildman–Crippen MR) is 135 cm³/mol. The summed E-state index contributed by atoms with van der Waals surface area (Å²) in [5.74, 6) is 1.25. The summed E-state index contributed by atoms with van der Waals surface area (Å²) >= 11 is 0. The van der Waals surface area contributed by atoms with Crippen molar-refractivity contribution in [2.24, 2.45) is 23.7 Å². The molecule has 0 aromatic rings. The van der Waals surface area contributed by atoms with Crippen LogP contribution in [0.25, 0.3) is 0 Å². The Kier molecular flexibility index (Phi) is 19.9. The highest BCUT2D eigenvalue weighted by atomic mass is 16.5. The average molecular weight is 455 g/mol. The Morgan fingerprint density at radius 1 is 0.625 bits per heavy atom. The van der Waals surface area contributed by atoms with Crippen molar-refractivity contribution >= 4 is 11.9 Å². The Morgan fingerprint density at radius 2 is 1.09 bits per heavy atom. The topological polar surface area (TPSA) is 52.6 Å². The zero-order valence-electron chi connectivity index (χ0n) is 22.3. The molecule has 0 aromatic heterocycles. The van der Waals surface area contributed by atoms with Gasteiger partial charge >= 0.3 is 11.9 Å². The number of esters is 2. The second-order valence-corrected chi connectivity index (χ2v) is 10.1. The second-order valence-electron chi connectivity index (χ2n) is 10.1. The van der Waals surface area contributed by atoms with Crippen LogP contribution in [0, 0.1) is 23.7 Å². The van der Waals surface area contributed by atoms with E-state index in [0.717, 1.165) is 32.1 Å². The molecule has 0 fully saturated rings. The van der Waals surface area contributed by atoms with Gasteiger partial charge in [0.25, 0.3) is 0 Å². The lowest BCUT2D eigenvalue weighted by Crippen LogP contribution is -2.33. The molecule has 0 radical (unpaired) electrons. The van der Waals surface area contributed by atoms with Crippen molar-refractivity contribution in [3.63, 3.8) is 0 Å². The maximum Gasteiger partial charge on any atom is 0.309 e. The minimum atomic E-state index is -0.0378. The van der Waals surface area contributed by atoms with Crippen molar-refractivity contribution in [3.8, 4) is 0 Å². The van der Waals surface area contributed by atoms with E-state index in [1.54, 1.807) is 0 Å². The van der Waals surface area contributed by atoms with Gasteiger partial charge in [-0.3, -0.25) is 9.59 Å². The van der Waals surface area contributed by atoms with Crippen LogP contribution in [0.2, 0.25) is 0 Å². The van der Waals surface area contributed by atoms with E-state index >= 15 is 0 Å². The van der Waals surface area contributed by atoms with E-state index in [-0.39, 0.29) is 17.9 Å². The molecule has 190 valence electrons. The summed E-state index contributed by atoms with van der Waals surface area (Å²) in [6.45, 7) is 14.0. The van der Waals surface area contributed by atoms with Gasteiger partial charge in [-0.05, 0) is 43.4 Å². The minimum Gasteiger partial charge on any atom is -0.466 e. The summed E-state index contributed by atoms with van der Waals surface area (Å²) in [7, 11) is 0. The van der Waals surface area contributed by atoms with Crippen molar-refractivity contribution in [3.05, 3.63) is 0 Å². The fourth-order valence-electron chi connectivity index (χ4n) is 4.52. The summed E-state index contributed by atoms with van der Waals surface area (Å²) < 4.78 is 10.6. The van der Waals surface area contributed by atoms with E-state index in [2.05, 4.69) is 27.7 Å². The van der Waals surface area contributed by atoms with Crippen LogP contribution in [0.3, 0.4) is 0 Å². The molecule has 0 aliphatic rings. The fraction of sp³-hybridized carbons (Fsp3) is 0.929. The second kappa shape index (κ2) is 20.5. The summed E-state index contributed by atoms with van der Waals surface area (Å²) in [5.41, 5.74) is 0. The Morgan fingerprint density at radius 3 is 1.56 bits per heavy atom. The molecule has 0 bridgehead atoms. The molecule has 0 heterocycles. The molecule has 32 heavy (non-hydrogen) atoms. The SMILES string of the molecule is CCCOC(=O)CCCCCCCCCCCCC(C(C)C)C(C(=O)OCCC)C(C)C. The predicted octanol–water partition coefficient (Wildman–Crippen LogP) is 8.12. The van der Waals surface area contributed by atoms with Gasteiger partial charge < -0.3 is 9.47 Å². The van der Waals surface area contributed by atoms with E-state index in [1.807, 2.05) is 13.8 Å². The van der Waals surface area contributed by atoms with Crippen LogP contribution < -0.4 is 0 Å². The quantitative estimate of drug-likeness (QED) is 0.130. The molecule has 0 N–H and O–H groups in total. The van der Waals surface area contributed by atoms with Gasteiger partial charge in [-0.1, -0.05) is 99.3 Å². The van der Waals surface area contributed by atoms with Gasteiger partial charge in [-0.25, -0.2) is 0 Å². The zero-order valence-corrected chi connectivity index (χ0v) is 22.3. The first-order valence-electron chi connectivity index (χ1n) is 13.7.